The Balaban J connectivity index is 2.11. The largest absolute Gasteiger partial charge is 0.378 e. The molecule has 6 nitrogen and oxygen atoms in total. The maximum absolute atomic E-state index is 12.3. The molecule has 0 aliphatic carbocycles. The van der Waals surface area contributed by atoms with Gasteiger partial charge in [-0.2, -0.15) is 5.10 Å². The molecule has 2 atom stereocenters. The van der Waals surface area contributed by atoms with Crippen LogP contribution in [0.5, 0.6) is 0 Å². The minimum Gasteiger partial charge on any atom is -0.378 e. The number of rotatable bonds is 5. The Bertz CT molecular complexity index is 582. The van der Waals surface area contributed by atoms with Gasteiger partial charge >= 0.3 is 0 Å². The zero-order valence-corrected chi connectivity index (χ0v) is 13.6. The molecule has 0 saturated carbocycles. The van der Waals surface area contributed by atoms with Crippen molar-refractivity contribution in [2.75, 3.05) is 6.61 Å². The van der Waals surface area contributed by atoms with E-state index < -0.39 is 0 Å². The van der Waals surface area contributed by atoms with Gasteiger partial charge in [0.05, 0.1) is 17.7 Å². The predicted octanol–water partition coefficient (Wildman–Crippen LogP) is 1.33. The number of hydrogen-bond acceptors (Lipinski definition) is 4. The van der Waals surface area contributed by atoms with Gasteiger partial charge < -0.3 is 10.1 Å². The van der Waals surface area contributed by atoms with Crippen LogP contribution in [0.3, 0.4) is 0 Å². The maximum atomic E-state index is 12.3. The Labute approximate surface area is 130 Å². The second kappa shape index (κ2) is 7.54. The minimum atomic E-state index is -0.220. The Morgan fingerprint density at radius 2 is 2.14 bits per heavy atom. The van der Waals surface area contributed by atoms with Gasteiger partial charge in [-0.15, -0.1) is 0 Å². The average Bonchev–Trinajstić information content (AvgIpc) is 2.53. The van der Waals surface area contributed by atoms with Gasteiger partial charge in [0.2, 0.25) is 5.91 Å². The van der Waals surface area contributed by atoms with Gasteiger partial charge in [-0.3, -0.25) is 9.59 Å². The van der Waals surface area contributed by atoms with Crippen molar-refractivity contribution in [3.8, 4) is 0 Å². The van der Waals surface area contributed by atoms with Crippen LogP contribution in [-0.4, -0.2) is 28.8 Å². The van der Waals surface area contributed by atoms with Crippen molar-refractivity contribution in [3.63, 3.8) is 0 Å². The van der Waals surface area contributed by atoms with Crippen LogP contribution in [0, 0.1) is 5.92 Å². The molecule has 22 heavy (non-hydrogen) atoms. The first kappa shape index (κ1) is 16.7. The molecule has 1 fully saturated rings. The van der Waals surface area contributed by atoms with Crippen LogP contribution in [0.25, 0.3) is 0 Å². The molecule has 1 saturated heterocycles. The number of ether oxygens (including phenoxy) is 1. The third-order valence-corrected chi connectivity index (χ3v) is 4.35. The van der Waals surface area contributed by atoms with Crippen LogP contribution in [0.2, 0.25) is 0 Å². The molecule has 0 unspecified atom stereocenters. The number of carbonyl (C=O) groups excluding carboxylic acids is 1. The molecular weight excluding hydrogens is 282 g/mol. The normalized spacial score (nSPS) is 21.6. The number of nitrogens with one attached hydrogen (secondary N) is 2. The summed E-state index contributed by atoms with van der Waals surface area (Å²) in [6.07, 6.45) is 3.16. The van der Waals surface area contributed by atoms with Gasteiger partial charge in [0, 0.05) is 18.7 Å². The average molecular weight is 307 g/mol. The highest BCUT2D eigenvalue weighted by Gasteiger charge is 2.28. The van der Waals surface area contributed by atoms with Crippen LogP contribution in [-0.2, 0) is 28.9 Å². The summed E-state index contributed by atoms with van der Waals surface area (Å²) in [5.74, 6) is -0.172. The van der Waals surface area contributed by atoms with Gasteiger partial charge in [0.1, 0.15) is 0 Å². The van der Waals surface area contributed by atoms with Crippen molar-refractivity contribution < 1.29 is 9.53 Å². The molecule has 2 heterocycles. The number of amides is 1. The van der Waals surface area contributed by atoms with Crippen molar-refractivity contribution in [3.05, 3.63) is 27.2 Å². The number of carbonyl (C=O) groups is 1. The van der Waals surface area contributed by atoms with Crippen LogP contribution in [0.4, 0.5) is 0 Å². The first-order valence-corrected chi connectivity index (χ1v) is 8.07. The minimum absolute atomic E-state index is 0.0384. The van der Waals surface area contributed by atoms with E-state index in [1.165, 1.54) is 0 Å². The van der Waals surface area contributed by atoms with Crippen molar-refractivity contribution in [2.24, 2.45) is 5.92 Å². The van der Waals surface area contributed by atoms with E-state index in [9.17, 15) is 9.59 Å². The standard InChI is InChI=1S/C16H25N3O3/c1-4-11-13(16(21)19-18-14(11)5-2)9-17-15(20)12-7-6-8-22-10(12)3/h10,12H,4-9H2,1-3H3,(H,17,20)(H,19,21)/t10-,12-/m0/s1. The van der Waals surface area contributed by atoms with Gasteiger partial charge in [-0.25, -0.2) is 5.10 Å². The van der Waals surface area contributed by atoms with E-state index >= 15 is 0 Å². The smallest absolute Gasteiger partial charge is 0.269 e. The molecule has 1 amide bonds. The Hall–Kier alpha value is -1.69. The summed E-state index contributed by atoms with van der Waals surface area (Å²) in [5.41, 5.74) is 2.23. The molecule has 122 valence electrons. The number of aromatic amines is 1. The molecule has 1 aromatic heterocycles. The number of aromatic nitrogens is 2. The molecule has 2 N–H and O–H groups in total. The third-order valence-electron chi connectivity index (χ3n) is 4.35. The Morgan fingerprint density at radius 1 is 1.36 bits per heavy atom. The predicted molar refractivity (Wildman–Crippen MR) is 83.6 cm³/mol. The number of aryl methyl sites for hydroxylation is 1. The molecular formula is C16H25N3O3. The van der Waals surface area contributed by atoms with E-state index in [1.54, 1.807) is 0 Å². The van der Waals surface area contributed by atoms with Gasteiger partial charge in [0.25, 0.3) is 5.56 Å². The molecule has 0 aromatic carbocycles. The van der Waals surface area contributed by atoms with E-state index in [0.717, 1.165) is 43.5 Å². The quantitative estimate of drug-likeness (QED) is 0.859. The summed E-state index contributed by atoms with van der Waals surface area (Å²) in [6, 6.07) is 0. The molecule has 1 aliphatic heterocycles. The molecule has 2 rings (SSSR count). The fourth-order valence-corrected chi connectivity index (χ4v) is 3.04. The van der Waals surface area contributed by atoms with Crippen molar-refractivity contribution in [2.45, 2.75) is 59.1 Å². The number of hydrogen-bond donors (Lipinski definition) is 2. The maximum Gasteiger partial charge on any atom is 0.269 e. The second-order valence-corrected chi connectivity index (χ2v) is 5.71. The lowest BCUT2D eigenvalue weighted by Crippen LogP contribution is -2.40. The Morgan fingerprint density at radius 3 is 2.77 bits per heavy atom. The van der Waals surface area contributed by atoms with Crippen molar-refractivity contribution in [1.29, 1.82) is 0 Å². The lowest BCUT2D eigenvalue weighted by Gasteiger charge is -2.28. The fraction of sp³-hybridized carbons (Fsp3) is 0.688. The van der Waals surface area contributed by atoms with E-state index in [2.05, 4.69) is 15.5 Å². The molecule has 0 spiro atoms. The number of H-pyrrole nitrogens is 1. The second-order valence-electron chi connectivity index (χ2n) is 5.71. The molecule has 0 bridgehead atoms. The molecule has 6 heteroatoms. The summed E-state index contributed by atoms with van der Waals surface area (Å²) < 4.78 is 5.53. The van der Waals surface area contributed by atoms with Crippen LogP contribution in [0.1, 0.15) is 50.4 Å². The molecule has 1 aliphatic rings. The summed E-state index contributed by atoms with van der Waals surface area (Å²) in [4.78, 5) is 24.4. The number of nitrogens with zero attached hydrogens (tertiary/aromatic N) is 1. The van der Waals surface area contributed by atoms with Crippen LogP contribution in [0.15, 0.2) is 4.79 Å². The summed E-state index contributed by atoms with van der Waals surface area (Å²) in [7, 11) is 0. The Kier molecular flexibility index (Phi) is 5.71. The fourth-order valence-electron chi connectivity index (χ4n) is 3.04. The van der Waals surface area contributed by atoms with Crippen molar-refractivity contribution in [1.82, 2.24) is 15.5 Å². The SMILES string of the molecule is CCc1n[nH]c(=O)c(CNC(=O)[C@H]2CCCO[C@H]2C)c1CC. The summed E-state index contributed by atoms with van der Waals surface area (Å²) in [6.45, 7) is 6.89. The third kappa shape index (κ3) is 3.55. The lowest BCUT2D eigenvalue weighted by molar-refractivity contribution is -0.133. The summed E-state index contributed by atoms with van der Waals surface area (Å²) in [5, 5.41) is 9.51. The van der Waals surface area contributed by atoms with E-state index in [4.69, 9.17) is 4.74 Å². The zero-order chi connectivity index (χ0) is 16.1. The highest BCUT2D eigenvalue weighted by Crippen LogP contribution is 2.20. The van der Waals surface area contributed by atoms with Crippen LogP contribution < -0.4 is 10.9 Å². The van der Waals surface area contributed by atoms with Crippen LogP contribution >= 0.6 is 0 Å². The zero-order valence-electron chi connectivity index (χ0n) is 13.6. The van der Waals surface area contributed by atoms with E-state index in [1.807, 2.05) is 20.8 Å². The highest BCUT2D eigenvalue weighted by molar-refractivity contribution is 5.79. The first-order valence-electron chi connectivity index (χ1n) is 8.07. The highest BCUT2D eigenvalue weighted by atomic mass is 16.5. The lowest BCUT2D eigenvalue weighted by atomic mass is 9.94. The van der Waals surface area contributed by atoms with E-state index in [0.29, 0.717) is 5.56 Å². The summed E-state index contributed by atoms with van der Waals surface area (Å²) >= 11 is 0. The van der Waals surface area contributed by atoms with Gasteiger partial charge in [0.15, 0.2) is 0 Å². The first-order chi connectivity index (χ1) is 10.6. The van der Waals surface area contributed by atoms with E-state index in [-0.39, 0.29) is 30.0 Å². The van der Waals surface area contributed by atoms with Gasteiger partial charge in [-0.05, 0) is 38.2 Å². The van der Waals surface area contributed by atoms with Crippen molar-refractivity contribution >= 4 is 5.91 Å². The monoisotopic (exact) mass is 307 g/mol. The molecule has 0 radical (unpaired) electrons. The molecule has 1 aromatic rings. The topological polar surface area (TPSA) is 84.1 Å². The van der Waals surface area contributed by atoms with Gasteiger partial charge in [-0.1, -0.05) is 13.8 Å².